The topological polar surface area (TPSA) is 77.5 Å². The van der Waals surface area contributed by atoms with Gasteiger partial charge in [0.25, 0.3) is 0 Å². The number of esters is 1. The minimum atomic E-state index is -1.24. The molecule has 5 nitrogen and oxygen atoms in total. The molecule has 0 radical (unpaired) electrons. The Kier molecular flexibility index (Phi) is 4.79. The van der Waals surface area contributed by atoms with Gasteiger partial charge in [-0.3, -0.25) is 19.2 Å². The molecular weight excluding hydrogens is 380 g/mol. The van der Waals surface area contributed by atoms with Crippen LogP contribution in [0.5, 0.6) is 0 Å². The van der Waals surface area contributed by atoms with Gasteiger partial charge in [-0.1, -0.05) is 31.1 Å². The summed E-state index contributed by atoms with van der Waals surface area (Å²) in [7, 11) is 0. The lowest BCUT2D eigenvalue weighted by Crippen LogP contribution is -2.56. The Balaban J connectivity index is 1.81. The zero-order chi connectivity index (χ0) is 21.9. The lowest BCUT2D eigenvalue weighted by Gasteiger charge is -2.51. The van der Waals surface area contributed by atoms with Gasteiger partial charge in [-0.2, -0.15) is 0 Å². The molecule has 30 heavy (non-hydrogen) atoms. The molecule has 1 saturated carbocycles. The zero-order valence-corrected chi connectivity index (χ0v) is 18.3. The van der Waals surface area contributed by atoms with E-state index in [1.807, 2.05) is 26.8 Å². The Hall–Kier alpha value is -2.30. The molecule has 160 valence electrons. The van der Waals surface area contributed by atoms with Crippen molar-refractivity contribution in [3.63, 3.8) is 0 Å². The fourth-order valence-electron chi connectivity index (χ4n) is 6.59. The van der Waals surface area contributed by atoms with Gasteiger partial charge in [0.2, 0.25) is 0 Å². The number of allylic oxidation sites excluding steroid dienone is 6. The fraction of sp³-hybridized carbons (Fsp3) is 0.600. The van der Waals surface area contributed by atoms with Crippen molar-refractivity contribution in [2.45, 2.75) is 78.2 Å². The van der Waals surface area contributed by atoms with Crippen LogP contribution in [0.15, 0.2) is 34.9 Å². The van der Waals surface area contributed by atoms with Gasteiger partial charge < -0.3 is 4.74 Å². The largest absolute Gasteiger partial charge is 0.450 e. The maximum absolute atomic E-state index is 13.6. The molecule has 0 spiro atoms. The molecule has 0 amide bonds. The molecule has 0 saturated heterocycles. The summed E-state index contributed by atoms with van der Waals surface area (Å²) in [6.07, 6.45) is 8.81. The number of hydrogen-bond donors (Lipinski definition) is 0. The standard InChI is InChI=1S/C25H30O5/c1-5-6-21(29)30-25(15(2)26)12-10-19-18-8-7-16-13-17(27)9-11-23(16,3)22(18)20(28)14-24(19,25)4/h9,11,13,19H,5-8,10,12,14H2,1-4H3/t19-,23-,24-,25-/m0/s1. The smallest absolute Gasteiger partial charge is 0.306 e. The van der Waals surface area contributed by atoms with E-state index in [-0.39, 0.29) is 42.1 Å². The van der Waals surface area contributed by atoms with Crippen LogP contribution in [0.25, 0.3) is 0 Å². The van der Waals surface area contributed by atoms with Crippen molar-refractivity contribution in [2.75, 3.05) is 0 Å². The molecule has 4 rings (SSSR count). The van der Waals surface area contributed by atoms with E-state index in [1.165, 1.54) is 6.92 Å². The highest BCUT2D eigenvalue weighted by Crippen LogP contribution is 2.64. The summed E-state index contributed by atoms with van der Waals surface area (Å²) in [4.78, 5) is 50.8. The van der Waals surface area contributed by atoms with Crippen LogP contribution in [0.4, 0.5) is 0 Å². The number of hydrogen-bond acceptors (Lipinski definition) is 5. The van der Waals surface area contributed by atoms with Gasteiger partial charge in [-0.15, -0.1) is 0 Å². The van der Waals surface area contributed by atoms with Gasteiger partial charge in [-0.05, 0) is 64.0 Å². The number of carbonyl (C=O) groups is 4. The first-order chi connectivity index (χ1) is 14.1. The number of rotatable bonds is 4. The maximum atomic E-state index is 13.6. The highest BCUT2D eigenvalue weighted by molar-refractivity contribution is 6.06. The van der Waals surface area contributed by atoms with Crippen molar-refractivity contribution >= 4 is 23.3 Å². The molecule has 0 aromatic rings. The quantitative estimate of drug-likeness (QED) is 0.649. The molecule has 0 unspecified atom stereocenters. The van der Waals surface area contributed by atoms with Crippen LogP contribution in [0.1, 0.15) is 72.6 Å². The summed E-state index contributed by atoms with van der Waals surface area (Å²) >= 11 is 0. The van der Waals surface area contributed by atoms with Gasteiger partial charge in [-0.25, -0.2) is 0 Å². The van der Waals surface area contributed by atoms with E-state index in [9.17, 15) is 19.2 Å². The van der Waals surface area contributed by atoms with Crippen molar-refractivity contribution in [2.24, 2.45) is 16.7 Å². The summed E-state index contributed by atoms with van der Waals surface area (Å²) in [5, 5.41) is 0. The van der Waals surface area contributed by atoms with Gasteiger partial charge in [0.05, 0.1) is 0 Å². The average Bonchev–Trinajstić information content (AvgIpc) is 2.95. The zero-order valence-electron chi connectivity index (χ0n) is 18.3. The van der Waals surface area contributed by atoms with Crippen molar-refractivity contribution in [3.05, 3.63) is 34.9 Å². The third-order valence-corrected chi connectivity index (χ3v) is 8.08. The number of Topliss-reactive ketones (excluding diaryl/α,β-unsaturated/α-hetero) is 2. The second kappa shape index (κ2) is 6.86. The first-order valence-electron chi connectivity index (χ1n) is 11.0. The van der Waals surface area contributed by atoms with Crippen LogP contribution in [-0.2, 0) is 23.9 Å². The van der Waals surface area contributed by atoms with Crippen LogP contribution >= 0.6 is 0 Å². The minimum Gasteiger partial charge on any atom is -0.450 e. The molecule has 1 fully saturated rings. The van der Waals surface area contributed by atoms with Gasteiger partial charge in [0, 0.05) is 29.2 Å². The van der Waals surface area contributed by atoms with Crippen molar-refractivity contribution in [3.8, 4) is 0 Å². The van der Waals surface area contributed by atoms with Gasteiger partial charge in [0.1, 0.15) is 0 Å². The third-order valence-electron chi connectivity index (χ3n) is 8.08. The highest BCUT2D eigenvalue weighted by atomic mass is 16.6. The van der Waals surface area contributed by atoms with E-state index < -0.39 is 16.4 Å². The van der Waals surface area contributed by atoms with Crippen LogP contribution in [0, 0.1) is 16.7 Å². The van der Waals surface area contributed by atoms with Crippen LogP contribution in [-0.4, -0.2) is 28.9 Å². The van der Waals surface area contributed by atoms with Crippen molar-refractivity contribution in [1.29, 1.82) is 0 Å². The summed E-state index contributed by atoms with van der Waals surface area (Å²) < 4.78 is 5.91. The number of ketones is 3. The Morgan fingerprint density at radius 2 is 1.93 bits per heavy atom. The SMILES string of the molecule is CCCC(=O)O[C@]1(C(C)=O)CC[C@H]2C3=C(C(=O)C[C@@]21C)[C@@]1(C)C=CC(=O)C=C1CC3. The molecule has 4 aliphatic carbocycles. The minimum absolute atomic E-state index is 0.00918. The molecule has 4 aliphatic rings. The first kappa shape index (κ1) is 21.0. The average molecular weight is 411 g/mol. The molecule has 5 heteroatoms. The molecular formula is C25H30O5. The predicted molar refractivity (Wildman–Crippen MR) is 111 cm³/mol. The predicted octanol–water partition coefficient (Wildman–Crippen LogP) is 4.21. The summed E-state index contributed by atoms with van der Waals surface area (Å²) in [5.41, 5.74) is 0.362. The van der Waals surface area contributed by atoms with E-state index >= 15 is 0 Å². The van der Waals surface area contributed by atoms with Crippen LogP contribution in [0.2, 0.25) is 0 Å². The van der Waals surface area contributed by atoms with E-state index in [0.717, 1.165) is 29.6 Å². The van der Waals surface area contributed by atoms with E-state index in [4.69, 9.17) is 4.74 Å². The maximum Gasteiger partial charge on any atom is 0.306 e. The molecule has 0 bridgehead atoms. The van der Waals surface area contributed by atoms with Gasteiger partial charge >= 0.3 is 5.97 Å². The van der Waals surface area contributed by atoms with E-state index in [1.54, 1.807) is 12.2 Å². The van der Waals surface area contributed by atoms with E-state index in [2.05, 4.69) is 0 Å². The molecule has 0 aromatic carbocycles. The molecule has 0 heterocycles. The molecule has 0 aromatic heterocycles. The lowest BCUT2D eigenvalue weighted by atomic mass is 9.53. The molecule has 4 atom stereocenters. The number of ether oxygens (including phenoxy) is 1. The fourth-order valence-corrected chi connectivity index (χ4v) is 6.59. The Bertz CT molecular complexity index is 951. The normalized spacial score (nSPS) is 37.3. The summed E-state index contributed by atoms with van der Waals surface area (Å²) in [6, 6.07) is 0. The number of carbonyl (C=O) groups excluding carboxylic acids is 4. The third kappa shape index (κ3) is 2.67. The van der Waals surface area contributed by atoms with Crippen molar-refractivity contribution in [1.82, 2.24) is 0 Å². The second-order valence-corrected chi connectivity index (χ2v) is 9.72. The monoisotopic (exact) mass is 410 g/mol. The Morgan fingerprint density at radius 3 is 2.60 bits per heavy atom. The first-order valence-corrected chi connectivity index (χ1v) is 11.0. The van der Waals surface area contributed by atoms with Crippen LogP contribution < -0.4 is 0 Å². The van der Waals surface area contributed by atoms with Crippen LogP contribution in [0.3, 0.4) is 0 Å². The van der Waals surface area contributed by atoms with Crippen molar-refractivity contribution < 1.29 is 23.9 Å². The highest BCUT2D eigenvalue weighted by Gasteiger charge is 2.67. The van der Waals surface area contributed by atoms with E-state index in [0.29, 0.717) is 19.3 Å². The summed E-state index contributed by atoms with van der Waals surface area (Å²) in [6.45, 7) is 7.37. The number of fused-ring (bicyclic) bond motifs is 4. The Labute approximate surface area is 177 Å². The summed E-state index contributed by atoms with van der Waals surface area (Å²) in [5.74, 6) is -0.530. The second-order valence-electron chi connectivity index (χ2n) is 9.72. The molecule has 0 N–H and O–H groups in total. The molecule has 0 aliphatic heterocycles. The lowest BCUT2D eigenvalue weighted by molar-refractivity contribution is -0.182. The van der Waals surface area contributed by atoms with Gasteiger partial charge in [0.15, 0.2) is 23.0 Å². The Morgan fingerprint density at radius 1 is 1.20 bits per heavy atom.